The van der Waals surface area contributed by atoms with Crippen LogP contribution in [0.5, 0.6) is 0 Å². The Morgan fingerprint density at radius 2 is 1.71 bits per heavy atom. The van der Waals surface area contributed by atoms with Crippen molar-refractivity contribution in [3.8, 4) is 11.3 Å². The van der Waals surface area contributed by atoms with Crippen LogP contribution in [-0.2, 0) is 22.6 Å². The van der Waals surface area contributed by atoms with Gasteiger partial charge in [-0.25, -0.2) is 14.5 Å². The highest BCUT2D eigenvalue weighted by atomic mass is 16.5. The maximum absolute atomic E-state index is 13.1. The van der Waals surface area contributed by atoms with Crippen molar-refractivity contribution in [3.05, 3.63) is 78.0 Å². The first-order valence-electron chi connectivity index (χ1n) is 11.5. The summed E-state index contributed by atoms with van der Waals surface area (Å²) >= 11 is 0. The minimum absolute atomic E-state index is 0.284. The summed E-state index contributed by atoms with van der Waals surface area (Å²) in [6.07, 6.45) is 1.61. The molecule has 180 valence electrons. The highest BCUT2D eigenvalue weighted by Gasteiger charge is 2.20. The van der Waals surface area contributed by atoms with Crippen molar-refractivity contribution >= 4 is 28.6 Å². The standard InChI is InChI=1S/C27H29N5O3/c1-5-32-26-23(16-28-32)22(15-24(29-26)20-9-7-6-8-10-20)27(34)35-18-25(33)31(4)17-19-11-13-21(14-12-19)30(2)3/h6-16H,5,17-18H2,1-4H3. The lowest BCUT2D eigenvalue weighted by Crippen LogP contribution is -2.30. The van der Waals surface area contributed by atoms with E-state index in [-0.39, 0.29) is 12.5 Å². The number of carbonyl (C=O) groups is 2. The highest BCUT2D eigenvalue weighted by Crippen LogP contribution is 2.25. The van der Waals surface area contributed by atoms with Crippen LogP contribution in [0.4, 0.5) is 5.69 Å². The van der Waals surface area contributed by atoms with E-state index in [9.17, 15) is 9.59 Å². The third kappa shape index (κ3) is 5.32. The number of ether oxygens (including phenoxy) is 1. The first-order chi connectivity index (χ1) is 16.9. The summed E-state index contributed by atoms with van der Waals surface area (Å²) in [5.74, 6) is -0.866. The Kier molecular flexibility index (Phi) is 7.10. The summed E-state index contributed by atoms with van der Waals surface area (Å²) in [5, 5.41) is 4.94. The largest absolute Gasteiger partial charge is 0.452 e. The van der Waals surface area contributed by atoms with Gasteiger partial charge in [-0.3, -0.25) is 4.79 Å². The normalized spacial score (nSPS) is 10.9. The number of aryl methyl sites for hydroxylation is 1. The van der Waals surface area contributed by atoms with Gasteiger partial charge in [0.05, 0.1) is 22.8 Å². The number of esters is 1. The van der Waals surface area contributed by atoms with E-state index in [1.54, 1.807) is 28.9 Å². The molecule has 1 amide bonds. The van der Waals surface area contributed by atoms with Gasteiger partial charge in [0.1, 0.15) is 0 Å². The van der Waals surface area contributed by atoms with Gasteiger partial charge in [0.15, 0.2) is 12.3 Å². The van der Waals surface area contributed by atoms with Crippen LogP contribution in [0.3, 0.4) is 0 Å². The smallest absolute Gasteiger partial charge is 0.339 e. The van der Waals surface area contributed by atoms with Gasteiger partial charge in [-0.05, 0) is 30.7 Å². The van der Waals surface area contributed by atoms with E-state index in [0.717, 1.165) is 16.8 Å². The summed E-state index contributed by atoms with van der Waals surface area (Å²) in [4.78, 5) is 34.0. The molecule has 0 aliphatic rings. The summed E-state index contributed by atoms with van der Waals surface area (Å²) < 4.78 is 7.17. The molecule has 0 aliphatic carbocycles. The number of aromatic nitrogens is 3. The first kappa shape index (κ1) is 23.9. The second kappa shape index (κ2) is 10.4. The zero-order valence-corrected chi connectivity index (χ0v) is 20.4. The number of anilines is 1. The van der Waals surface area contributed by atoms with Crippen molar-refractivity contribution in [2.45, 2.75) is 20.0 Å². The molecule has 0 atom stereocenters. The Labute approximate surface area is 204 Å². The number of carbonyl (C=O) groups excluding carboxylic acids is 2. The predicted octanol–water partition coefficient (Wildman–Crippen LogP) is 4.00. The van der Waals surface area contributed by atoms with Crippen LogP contribution >= 0.6 is 0 Å². The van der Waals surface area contributed by atoms with E-state index in [1.807, 2.05) is 80.5 Å². The second-order valence-electron chi connectivity index (χ2n) is 8.51. The zero-order chi connectivity index (χ0) is 24.9. The number of fused-ring (bicyclic) bond motifs is 1. The Bertz CT molecular complexity index is 1330. The predicted molar refractivity (Wildman–Crippen MR) is 136 cm³/mol. The molecule has 0 N–H and O–H groups in total. The fraction of sp³-hybridized carbons (Fsp3) is 0.259. The van der Waals surface area contributed by atoms with Crippen LogP contribution < -0.4 is 4.90 Å². The fourth-order valence-electron chi connectivity index (χ4n) is 3.78. The molecule has 0 radical (unpaired) electrons. The van der Waals surface area contributed by atoms with E-state index in [4.69, 9.17) is 9.72 Å². The number of pyridine rings is 1. The lowest BCUT2D eigenvalue weighted by molar-refractivity contribution is -0.133. The summed E-state index contributed by atoms with van der Waals surface area (Å²) in [7, 11) is 5.65. The second-order valence-corrected chi connectivity index (χ2v) is 8.51. The molecule has 2 heterocycles. The van der Waals surface area contributed by atoms with Crippen LogP contribution in [-0.4, -0.2) is 59.3 Å². The van der Waals surface area contributed by atoms with Gasteiger partial charge < -0.3 is 14.5 Å². The molecule has 2 aromatic heterocycles. The molecule has 0 bridgehead atoms. The van der Waals surface area contributed by atoms with Crippen LogP contribution in [0.1, 0.15) is 22.8 Å². The van der Waals surface area contributed by atoms with Gasteiger partial charge in [-0.2, -0.15) is 5.10 Å². The SMILES string of the molecule is CCn1ncc2c(C(=O)OCC(=O)N(C)Cc3ccc(N(C)C)cc3)cc(-c3ccccc3)nc21. The molecule has 35 heavy (non-hydrogen) atoms. The molecule has 0 unspecified atom stereocenters. The number of hydrogen-bond acceptors (Lipinski definition) is 6. The number of nitrogens with zero attached hydrogens (tertiary/aromatic N) is 5. The number of benzene rings is 2. The van der Waals surface area contributed by atoms with Crippen molar-refractivity contribution in [2.24, 2.45) is 0 Å². The van der Waals surface area contributed by atoms with Gasteiger partial charge in [-0.1, -0.05) is 42.5 Å². The number of hydrogen-bond donors (Lipinski definition) is 0. The maximum Gasteiger partial charge on any atom is 0.339 e. The van der Waals surface area contributed by atoms with E-state index >= 15 is 0 Å². The average Bonchev–Trinajstić information content (AvgIpc) is 3.30. The van der Waals surface area contributed by atoms with E-state index < -0.39 is 5.97 Å². The van der Waals surface area contributed by atoms with E-state index in [2.05, 4.69) is 5.10 Å². The van der Waals surface area contributed by atoms with Crippen molar-refractivity contribution in [1.29, 1.82) is 0 Å². The molecular formula is C27H29N5O3. The molecule has 2 aromatic carbocycles. The minimum atomic E-state index is -0.581. The highest BCUT2D eigenvalue weighted by molar-refractivity contribution is 6.04. The van der Waals surface area contributed by atoms with Crippen LogP contribution in [0, 0.1) is 0 Å². The van der Waals surface area contributed by atoms with Crippen molar-refractivity contribution < 1.29 is 14.3 Å². The van der Waals surface area contributed by atoms with E-state index in [1.165, 1.54) is 0 Å². The lowest BCUT2D eigenvalue weighted by atomic mass is 10.1. The van der Waals surface area contributed by atoms with Gasteiger partial charge in [0.2, 0.25) is 0 Å². The quantitative estimate of drug-likeness (QED) is 0.362. The molecular weight excluding hydrogens is 442 g/mol. The van der Waals surface area contributed by atoms with Crippen molar-refractivity contribution in [1.82, 2.24) is 19.7 Å². The molecule has 0 saturated carbocycles. The van der Waals surface area contributed by atoms with Gasteiger partial charge in [0.25, 0.3) is 5.91 Å². The summed E-state index contributed by atoms with van der Waals surface area (Å²) in [6.45, 7) is 2.65. The van der Waals surface area contributed by atoms with Gasteiger partial charge in [-0.15, -0.1) is 0 Å². The zero-order valence-electron chi connectivity index (χ0n) is 20.4. The van der Waals surface area contributed by atoms with Gasteiger partial charge >= 0.3 is 5.97 Å². The fourth-order valence-corrected chi connectivity index (χ4v) is 3.78. The topological polar surface area (TPSA) is 80.6 Å². The number of rotatable bonds is 8. The van der Waals surface area contributed by atoms with E-state index in [0.29, 0.717) is 35.4 Å². The molecule has 0 spiro atoms. The average molecular weight is 472 g/mol. The van der Waals surface area contributed by atoms with Crippen LogP contribution in [0.25, 0.3) is 22.3 Å². The molecule has 0 fully saturated rings. The molecule has 4 rings (SSSR count). The maximum atomic E-state index is 13.1. The molecule has 0 saturated heterocycles. The Morgan fingerprint density at radius 3 is 2.37 bits per heavy atom. The summed E-state index contributed by atoms with van der Waals surface area (Å²) in [6, 6.07) is 19.3. The summed E-state index contributed by atoms with van der Waals surface area (Å²) in [5.41, 5.74) is 4.54. The molecule has 4 aromatic rings. The molecule has 8 nitrogen and oxygen atoms in total. The molecule has 0 aliphatic heterocycles. The molecule has 8 heteroatoms. The Hall–Kier alpha value is -4.20. The minimum Gasteiger partial charge on any atom is -0.452 e. The Balaban J connectivity index is 1.49. The van der Waals surface area contributed by atoms with Crippen molar-refractivity contribution in [2.75, 3.05) is 32.6 Å². The van der Waals surface area contributed by atoms with Crippen LogP contribution in [0.2, 0.25) is 0 Å². The van der Waals surface area contributed by atoms with Crippen molar-refractivity contribution in [3.63, 3.8) is 0 Å². The number of amides is 1. The number of likely N-dealkylation sites (N-methyl/N-ethyl adjacent to an activating group) is 1. The van der Waals surface area contributed by atoms with Crippen LogP contribution in [0.15, 0.2) is 66.9 Å². The lowest BCUT2D eigenvalue weighted by Gasteiger charge is -2.18. The third-order valence-electron chi connectivity index (χ3n) is 5.82. The van der Waals surface area contributed by atoms with Gasteiger partial charge in [0, 0.05) is 45.5 Å². The first-order valence-corrected chi connectivity index (χ1v) is 11.5. The third-order valence-corrected chi connectivity index (χ3v) is 5.82. The Morgan fingerprint density at radius 1 is 1.00 bits per heavy atom. The monoisotopic (exact) mass is 471 g/mol.